The quantitative estimate of drug-likeness (QED) is 0.118. The van der Waals surface area contributed by atoms with E-state index >= 15 is 0 Å². The molecule has 0 saturated carbocycles. The topological polar surface area (TPSA) is 43.9 Å². The predicted molar refractivity (Wildman–Crippen MR) is 249 cm³/mol. The van der Waals surface area contributed by atoms with Crippen LogP contribution < -0.4 is 4.40 Å². The Morgan fingerprint density at radius 1 is 0.717 bits per heavy atom. The summed E-state index contributed by atoms with van der Waals surface area (Å²) < 4.78 is 45.5. The Bertz CT molecular complexity index is 3220. The normalized spacial score (nSPS) is 12.6. The number of rotatable bonds is 7. The first-order valence-electron chi connectivity index (χ1n) is 21.8. The second-order valence-electron chi connectivity index (χ2n) is 15.8. The minimum Gasteiger partial charge on any atom is -0.501 e. The van der Waals surface area contributed by atoms with Gasteiger partial charge in [0.05, 0.1) is 32.2 Å². The van der Waals surface area contributed by atoms with E-state index in [-0.39, 0.29) is 38.2 Å². The van der Waals surface area contributed by atoms with Crippen LogP contribution in [0.4, 0.5) is 0 Å². The van der Waals surface area contributed by atoms with Gasteiger partial charge >= 0.3 is 120 Å². The van der Waals surface area contributed by atoms with Crippen molar-refractivity contribution in [2.45, 2.75) is 37.0 Å². The molecule has 10 rings (SSSR count). The van der Waals surface area contributed by atoms with Crippen LogP contribution in [0.1, 0.15) is 30.8 Å². The van der Waals surface area contributed by atoms with Crippen molar-refractivity contribution in [2.24, 2.45) is 0 Å². The van der Waals surface area contributed by atoms with Gasteiger partial charge in [0.15, 0.2) is 0 Å². The van der Waals surface area contributed by atoms with E-state index < -0.39 is 19.2 Å². The number of fused-ring (bicyclic) bond motifs is 4. The third-order valence-corrected chi connectivity index (χ3v) is 14.8. The zero-order valence-electron chi connectivity index (χ0n) is 38.1. The summed E-state index contributed by atoms with van der Waals surface area (Å²) in [4.78, 5) is 9.76. The standard InChI is InChI=1S/C37H23N2O.C17H22GeN.Ir/c1-3-13-25(14-4-1)27-18-11-19-28(26-15-5-2-6-16-26)35(27)39-33-23-9-8-22-32(33)38-37(39)31-21-12-20-30-29-17-7-10-24-34(29)40-36(30)31;1-13(2)15-11-17(14-9-7-6-8-10-14)19-12-16(15)18(3,4)5;/h1-20,22-24H;6-9,11-13H,1-5H3;/q2*-1;/i11D,18D,19D;13D;. The Hall–Kier alpha value is -5.85. The Morgan fingerprint density at radius 3 is 2.03 bits per heavy atom. The summed E-state index contributed by atoms with van der Waals surface area (Å²) in [5, 5.41) is 1.96. The van der Waals surface area contributed by atoms with Gasteiger partial charge in [-0.2, -0.15) is 0 Å². The Labute approximate surface area is 374 Å². The Kier molecular flexibility index (Phi) is 10.5. The molecule has 0 aliphatic rings. The van der Waals surface area contributed by atoms with E-state index in [0.717, 1.165) is 55.3 Å². The number of benzene rings is 7. The van der Waals surface area contributed by atoms with Crippen LogP contribution >= 0.6 is 0 Å². The number of nitrogens with zero attached hydrogens (tertiary/aromatic N) is 3. The van der Waals surface area contributed by atoms with Crippen LogP contribution in [0.25, 0.3) is 83.6 Å². The molecule has 6 heteroatoms. The molecule has 10 aromatic rings. The fraction of sp³-hybridized carbons (Fsp3) is 0.111. The minimum absolute atomic E-state index is 0. The van der Waals surface area contributed by atoms with E-state index in [4.69, 9.17) is 12.1 Å². The Balaban J connectivity index is 0.000000225. The monoisotopic (exact) mass is 1020 g/mol. The molecule has 7 aromatic carbocycles. The summed E-state index contributed by atoms with van der Waals surface area (Å²) in [6.45, 7) is 3.91. The van der Waals surface area contributed by atoms with Gasteiger partial charge in [0, 0.05) is 36.6 Å². The molecule has 297 valence electrons. The molecule has 4 nitrogen and oxygen atoms in total. The van der Waals surface area contributed by atoms with Crippen LogP contribution in [0, 0.1) is 12.1 Å². The van der Waals surface area contributed by atoms with E-state index in [0.29, 0.717) is 33.8 Å². The number of hydrogen-bond donors (Lipinski definition) is 0. The van der Waals surface area contributed by atoms with Crippen molar-refractivity contribution in [3.05, 3.63) is 194 Å². The molecule has 0 bridgehead atoms. The van der Waals surface area contributed by atoms with Crippen molar-refractivity contribution in [2.75, 3.05) is 0 Å². The fourth-order valence-corrected chi connectivity index (χ4v) is 11.0. The first kappa shape index (κ1) is 36.0. The largest absolute Gasteiger partial charge is 0.501 e. The average molecular weight is 1020 g/mol. The van der Waals surface area contributed by atoms with Crippen molar-refractivity contribution >= 4 is 50.6 Å². The molecule has 60 heavy (non-hydrogen) atoms. The average Bonchev–Trinajstić information content (AvgIpc) is 3.87. The van der Waals surface area contributed by atoms with Gasteiger partial charge in [-0.3, -0.25) is 4.98 Å². The van der Waals surface area contributed by atoms with E-state index in [1.165, 1.54) is 4.40 Å². The van der Waals surface area contributed by atoms with Gasteiger partial charge in [0.2, 0.25) is 0 Å². The van der Waals surface area contributed by atoms with E-state index in [1.54, 1.807) is 0 Å². The van der Waals surface area contributed by atoms with Gasteiger partial charge < -0.3 is 8.98 Å². The molecule has 0 spiro atoms. The van der Waals surface area contributed by atoms with Crippen LogP contribution in [-0.4, -0.2) is 27.8 Å². The molecule has 0 unspecified atom stereocenters. The molecular formula is C54H45GeIrN3O-2. The second-order valence-corrected chi connectivity index (χ2v) is 26.4. The molecule has 0 amide bonds. The zero-order chi connectivity index (χ0) is 44.0. The first-order chi connectivity index (χ1) is 30.3. The van der Waals surface area contributed by atoms with E-state index in [1.807, 2.05) is 170 Å². The summed E-state index contributed by atoms with van der Waals surface area (Å²) in [5.74, 6) is 7.03. The van der Waals surface area contributed by atoms with Crippen LogP contribution in [0.15, 0.2) is 180 Å². The SMILES string of the molecule is [2H]C(C)(C)c1cc(-c2[c-]cccc2)nc[c]1[Ge]([CH3])([CH3])[CH3].[2H]c1c([2H])c(-c2ccccc2)c(-n2c(-c3[c-]ccc4c3oc3ccccc34)nc3ccccc32)c(-c2ccccc2)c1[2H].[Ir]. The van der Waals surface area contributed by atoms with Crippen LogP contribution in [0.3, 0.4) is 0 Å². The third-order valence-electron chi connectivity index (χ3n) is 10.6. The minimum atomic E-state index is -2.03. The van der Waals surface area contributed by atoms with Gasteiger partial charge in [-0.1, -0.05) is 120 Å². The number of hydrogen-bond acceptors (Lipinski definition) is 3. The van der Waals surface area contributed by atoms with Crippen LogP contribution in [-0.2, 0) is 20.1 Å². The maximum Gasteiger partial charge on any atom is 0.120 e. The second kappa shape index (κ2) is 17.4. The number of aromatic nitrogens is 3. The van der Waals surface area contributed by atoms with Crippen molar-refractivity contribution in [3.63, 3.8) is 0 Å². The van der Waals surface area contributed by atoms with Crippen LogP contribution in [0.5, 0.6) is 0 Å². The zero-order valence-corrected chi connectivity index (χ0v) is 38.6. The molecule has 0 atom stereocenters. The summed E-state index contributed by atoms with van der Waals surface area (Å²) in [7, 11) is 0. The predicted octanol–water partition coefficient (Wildman–Crippen LogP) is 13.9. The molecule has 0 N–H and O–H groups in total. The number of furan rings is 1. The Morgan fingerprint density at radius 2 is 1.37 bits per heavy atom. The molecule has 0 aliphatic carbocycles. The number of para-hydroxylation sites is 4. The summed E-state index contributed by atoms with van der Waals surface area (Å²) in [5.41, 5.74) is 10.00. The summed E-state index contributed by atoms with van der Waals surface area (Å²) in [6, 6.07) is 55.5. The number of pyridine rings is 1. The van der Waals surface area contributed by atoms with E-state index in [9.17, 15) is 2.74 Å². The maximum absolute atomic E-state index is 9.20. The van der Waals surface area contributed by atoms with Gasteiger partial charge in [0.1, 0.15) is 5.58 Å². The summed E-state index contributed by atoms with van der Waals surface area (Å²) in [6.07, 6.45) is 2.00. The van der Waals surface area contributed by atoms with Crippen molar-refractivity contribution in [1.29, 1.82) is 0 Å². The van der Waals surface area contributed by atoms with Crippen molar-refractivity contribution < 1.29 is 30.0 Å². The van der Waals surface area contributed by atoms with Gasteiger partial charge in [-0.05, 0) is 29.3 Å². The van der Waals surface area contributed by atoms with Crippen molar-refractivity contribution in [3.8, 4) is 50.6 Å². The van der Waals surface area contributed by atoms with Gasteiger partial charge in [0.25, 0.3) is 0 Å². The molecule has 3 aromatic heterocycles. The third kappa shape index (κ3) is 7.93. The molecule has 0 fully saturated rings. The maximum atomic E-state index is 9.20. The molecule has 0 aliphatic heterocycles. The van der Waals surface area contributed by atoms with Gasteiger partial charge in [-0.25, -0.2) is 0 Å². The fourth-order valence-electron chi connectivity index (χ4n) is 7.69. The van der Waals surface area contributed by atoms with Crippen molar-refractivity contribution in [1.82, 2.24) is 14.5 Å². The smallest absolute Gasteiger partial charge is 0.120 e. The van der Waals surface area contributed by atoms with Crippen LogP contribution in [0.2, 0.25) is 17.3 Å². The molecule has 0 saturated heterocycles. The molecular weight excluding hydrogens is 971 g/mol. The van der Waals surface area contributed by atoms with Gasteiger partial charge in [-0.15, -0.1) is 18.2 Å². The first-order valence-corrected chi connectivity index (χ1v) is 27.2. The molecule has 1 radical (unpaired) electrons. The number of imidazole rings is 1. The molecule has 3 heterocycles. The van der Waals surface area contributed by atoms with E-state index in [2.05, 4.69) is 40.5 Å². The summed E-state index contributed by atoms with van der Waals surface area (Å²) >= 11 is -2.03.